The largest absolute Gasteiger partial charge is 0.492 e. The predicted octanol–water partition coefficient (Wildman–Crippen LogP) is -0.937. The number of quaternary nitrogens is 2. The van der Waals surface area contributed by atoms with Gasteiger partial charge in [0.1, 0.15) is 43.4 Å². The first-order valence-corrected chi connectivity index (χ1v) is 10.5. The molecule has 7 nitrogen and oxygen atoms in total. The van der Waals surface area contributed by atoms with E-state index in [1.807, 2.05) is 13.0 Å². The second-order valence-corrected chi connectivity index (χ2v) is 8.24. The van der Waals surface area contributed by atoms with Crippen LogP contribution in [-0.4, -0.2) is 64.1 Å². The summed E-state index contributed by atoms with van der Waals surface area (Å²) in [6.45, 7) is 6.54. The quantitative estimate of drug-likeness (QED) is 0.426. The molecule has 1 saturated heterocycles. The number of fused-ring (bicyclic) bond motifs is 1. The van der Waals surface area contributed by atoms with Gasteiger partial charge in [0.05, 0.1) is 6.61 Å². The molecule has 150 valence electrons. The van der Waals surface area contributed by atoms with Crippen LogP contribution >= 0.6 is 11.3 Å². The Hall–Kier alpha value is -2.07. The molecular formula is C19H26FN5O2S+2. The summed E-state index contributed by atoms with van der Waals surface area (Å²) in [5.41, 5.74) is 0.844. The van der Waals surface area contributed by atoms with E-state index in [9.17, 15) is 14.6 Å². The van der Waals surface area contributed by atoms with E-state index in [2.05, 4.69) is 10.1 Å². The Morgan fingerprint density at radius 2 is 2.07 bits per heavy atom. The standard InChI is InChI=1S/C19H24FN5O2S/c1-2-15-21-19-25(22-15)18(27)17(28-19)16(13-4-3-5-14(20)12-13)24-8-6-23(7-9-24)10-11-26/h3-5,12,16,26-27H,2,6-11H2,1H3/p+2/t16-/m1/s1. The molecule has 1 aromatic carbocycles. The Labute approximate surface area is 166 Å². The van der Waals surface area contributed by atoms with Crippen molar-refractivity contribution in [2.75, 3.05) is 39.3 Å². The summed E-state index contributed by atoms with van der Waals surface area (Å²) in [6.07, 6.45) is 0.706. The topological polar surface area (TPSA) is 79.5 Å². The van der Waals surface area contributed by atoms with E-state index in [1.165, 1.54) is 31.7 Å². The van der Waals surface area contributed by atoms with Gasteiger partial charge in [-0.25, -0.2) is 9.37 Å². The second-order valence-electron chi connectivity index (χ2n) is 7.24. The minimum absolute atomic E-state index is 0.0964. The van der Waals surface area contributed by atoms with Crippen molar-refractivity contribution in [2.24, 2.45) is 0 Å². The molecule has 4 rings (SSSR count). The lowest BCUT2D eigenvalue weighted by atomic mass is 10.0. The third-order valence-corrected chi connectivity index (χ3v) is 6.56. The fraction of sp³-hybridized carbons (Fsp3) is 0.474. The van der Waals surface area contributed by atoms with Crippen molar-refractivity contribution >= 4 is 16.3 Å². The van der Waals surface area contributed by atoms with Gasteiger partial charge < -0.3 is 20.0 Å². The fourth-order valence-corrected chi connectivity index (χ4v) is 5.17. The van der Waals surface area contributed by atoms with Crippen LogP contribution in [0.5, 0.6) is 5.88 Å². The molecule has 9 heteroatoms. The van der Waals surface area contributed by atoms with Gasteiger partial charge in [-0.05, 0) is 12.1 Å². The summed E-state index contributed by atoms with van der Waals surface area (Å²) in [4.78, 5) is 8.57. The summed E-state index contributed by atoms with van der Waals surface area (Å²) in [5, 5.41) is 24.5. The zero-order valence-electron chi connectivity index (χ0n) is 15.9. The lowest BCUT2D eigenvalue weighted by Crippen LogP contribution is -3.28. The van der Waals surface area contributed by atoms with Gasteiger partial charge >= 0.3 is 0 Å². The molecule has 1 fully saturated rings. The number of aliphatic hydroxyl groups excluding tert-OH is 1. The van der Waals surface area contributed by atoms with Crippen LogP contribution in [0.4, 0.5) is 4.39 Å². The number of hydrogen-bond acceptors (Lipinski definition) is 5. The maximum Gasteiger partial charge on any atom is 0.235 e. The number of nitrogens with zero attached hydrogens (tertiary/aromatic N) is 3. The summed E-state index contributed by atoms with van der Waals surface area (Å²) < 4.78 is 15.5. The molecule has 4 N–H and O–H groups in total. The molecule has 2 aromatic heterocycles. The highest BCUT2D eigenvalue weighted by molar-refractivity contribution is 7.17. The van der Waals surface area contributed by atoms with E-state index in [-0.39, 0.29) is 24.3 Å². The minimum atomic E-state index is -0.279. The zero-order chi connectivity index (χ0) is 19.7. The van der Waals surface area contributed by atoms with Gasteiger partial charge in [0.15, 0.2) is 11.9 Å². The highest BCUT2D eigenvalue weighted by Crippen LogP contribution is 2.35. The molecule has 0 saturated carbocycles. The number of aromatic nitrogens is 3. The van der Waals surface area contributed by atoms with Gasteiger partial charge in [0, 0.05) is 12.0 Å². The number of rotatable bonds is 6. The van der Waals surface area contributed by atoms with Gasteiger partial charge in [-0.3, -0.25) is 0 Å². The third kappa shape index (κ3) is 3.62. The molecule has 28 heavy (non-hydrogen) atoms. The number of aromatic hydroxyl groups is 1. The molecule has 1 aliphatic heterocycles. The number of aliphatic hydroxyl groups is 1. The smallest absolute Gasteiger partial charge is 0.235 e. The van der Waals surface area contributed by atoms with Crippen LogP contribution in [0.2, 0.25) is 0 Å². The van der Waals surface area contributed by atoms with Crippen molar-refractivity contribution in [3.8, 4) is 5.88 Å². The van der Waals surface area contributed by atoms with Crippen LogP contribution in [-0.2, 0) is 6.42 Å². The van der Waals surface area contributed by atoms with Crippen molar-refractivity contribution in [1.82, 2.24) is 14.6 Å². The summed E-state index contributed by atoms with van der Waals surface area (Å²) in [5.74, 6) is 0.515. The molecule has 0 unspecified atom stereocenters. The van der Waals surface area contributed by atoms with Crippen molar-refractivity contribution in [3.63, 3.8) is 0 Å². The lowest BCUT2D eigenvalue weighted by Gasteiger charge is -2.34. The average molecular weight is 408 g/mol. The average Bonchev–Trinajstić information content (AvgIpc) is 3.23. The summed E-state index contributed by atoms with van der Waals surface area (Å²) >= 11 is 1.42. The summed E-state index contributed by atoms with van der Waals surface area (Å²) in [7, 11) is 0. The van der Waals surface area contributed by atoms with Crippen LogP contribution in [0.3, 0.4) is 0 Å². The van der Waals surface area contributed by atoms with E-state index < -0.39 is 0 Å². The number of piperazine rings is 1. The minimum Gasteiger partial charge on any atom is -0.492 e. The number of halogens is 1. The van der Waals surface area contributed by atoms with Gasteiger partial charge in [0.2, 0.25) is 10.8 Å². The molecule has 1 atom stereocenters. The number of hydrogen-bond donors (Lipinski definition) is 4. The van der Waals surface area contributed by atoms with E-state index in [1.54, 1.807) is 12.1 Å². The van der Waals surface area contributed by atoms with Crippen LogP contribution in [0.1, 0.15) is 29.2 Å². The molecule has 3 heterocycles. The molecular weight excluding hydrogens is 381 g/mol. The van der Waals surface area contributed by atoms with Crippen LogP contribution in [0.15, 0.2) is 24.3 Å². The first-order chi connectivity index (χ1) is 13.6. The Morgan fingerprint density at radius 1 is 1.29 bits per heavy atom. The maximum absolute atomic E-state index is 14.0. The monoisotopic (exact) mass is 407 g/mol. The second kappa shape index (κ2) is 8.12. The Bertz CT molecular complexity index is 951. The van der Waals surface area contributed by atoms with E-state index >= 15 is 0 Å². The zero-order valence-corrected chi connectivity index (χ0v) is 16.7. The molecule has 1 aliphatic rings. The molecule has 0 spiro atoms. The molecule has 0 bridgehead atoms. The first-order valence-electron chi connectivity index (χ1n) is 9.72. The van der Waals surface area contributed by atoms with Crippen molar-refractivity contribution < 1.29 is 24.4 Å². The van der Waals surface area contributed by atoms with Crippen LogP contribution in [0.25, 0.3) is 4.96 Å². The Kier molecular flexibility index (Phi) is 5.58. The van der Waals surface area contributed by atoms with Crippen LogP contribution in [0, 0.1) is 5.82 Å². The summed E-state index contributed by atoms with van der Waals surface area (Å²) in [6, 6.07) is 6.45. The lowest BCUT2D eigenvalue weighted by molar-refractivity contribution is -1.02. The van der Waals surface area contributed by atoms with Gasteiger partial charge in [0.25, 0.3) is 0 Å². The van der Waals surface area contributed by atoms with Gasteiger partial charge in [-0.15, -0.1) is 5.10 Å². The molecule has 0 radical (unpaired) electrons. The van der Waals surface area contributed by atoms with Gasteiger partial charge in [-0.2, -0.15) is 4.52 Å². The van der Waals surface area contributed by atoms with E-state index in [4.69, 9.17) is 0 Å². The van der Waals surface area contributed by atoms with Crippen molar-refractivity contribution in [3.05, 3.63) is 46.3 Å². The normalized spacial score (nSPS) is 21.2. The van der Waals surface area contributed by atoms with Crippen LogP contribution < -0.4 is 9.80 Å². The maximum atomic E-state index is 14.0. The number of benzene rings is 1. The third-order valence-electron chi connectivity index (χ3n) is 5.48. The number of aryl methyl sites for hydroxylation is 1. The highest BCUT2D eigenvalue weighted by Gasteiger charge is 2.36. The Morgan fingerprint density at radius 3 is 2.71 bits per heavy atom. The van der Waals surface area contributed by atoms with Crippen molar-refractivity contribution in [2.45, 2.75) is 19.4 Å². The number of nitrogens with one attached hydrogen (secondary N) is 2. The van der Waals surface area contributed by atoms with Gasteiger partial charge in [-0.1, -0.05) is 30.4 Å². The fourth-order valence-electron chi connectivity index (χ4n) is 4.01. The predicted molar refractivity (Wildman–Crippen MR) is 103 cm³/mol. The Balaban J connectivity index is 1.71. The van der Waals surface area contributed by atoms with E-state index in [0.717, 1.165) is 43.2 Å². The van der Waals surface area contributed by atoms with E-state index in [0.29, 0.717) is 17.2 Å². The number of thiazole rings is 1. The van der Waals surface area contributed by atoms with Crippen molar-refractivity contribution in [1.29, 1.82) is 0 Å². The highest BCUT2D eigenvalue weighted by atomic mass is 32.1. The SMILES string of the molecule is CCc1nc2sc([C@@H](c3cccc(F)c3)[NH+]3CC[NH+](CCO)CC3)c(O)n2n1. The molecule has 0 aliphatic carbocycles. The first kappa shape index (κ1) is 19.3. The molecule has 0 amide bonds. The molecule has 3 aromatic rings.